The molecule has 0 aliphatic heterocycles. The average Bonchev–Trinajstić information content (AvgIpc) is 2.15. The van der Waals surface area contributed by atoms with Gasteiger partial charge in [0.25, 0.3) is 0 Å². The average molecular weight is 251 g/mol. The number of pyridine rings is 1. The first-order chi connectivity index (χ1) is 7.70. The summed E-state index contributed by atoms with van der Waals surface area (Å²) >= 11 is 0. The first-order valence-corrected chi connectivity index (χ1v) is 4.39. The molecule has 1 aromatic rings. The van der Waals surface area contributed by atoms with Crippen LogP contribution >= 0.6 is 0 Å². The number of carboxylic acids is 1. The van der Waals surface area contributed by atoms with E-state index in [0.29, 0.717) is 0 Å². The maximum Gasteiger partial charge on any atom is 0.573 e. The Labute approximate surface area is 92.8 Å². The Kier molecular flexibility index (Phi) is 3.45. The molecule has 0 aliphatic rings. The molecule has 0 saturated heterocycles. The summed E-state index contributed by atoms with van der Waals surface area (Å²) < 4.78 is 39.2. The number of aromatic amines is 1. The van der Waals surface area contributed by atoms with Crippen molar-refractivity contribution in [3.05, 3.63) is 27.7 Å². The zero-order valence-electron chi connectivity index (χ0n) is 8.59. The Balaban J connectivity index is 3.19. The lowest BCUT2D eigenvalue weighted by molar-refractivity contribution is -0.275. The zero-order valence-corrected chi connectivity index (χ0v) is 8.59. The molecule has 0 atom stereocenters. The van der Waals surface area contributed by atoms with Crippen LogP contribution in [-0.2, 0) is 11.2 Å². The van der Waals surface area contributed by atoms with Gasteiger partial charge in [0.05, 0.1) is 6.42 Å². The third-order valence-corrected chi connectivity index (χ3v) is 1.92. The Hall–Kier alpha value is -1.99. The summed E-state index contributed by atoms with van der Waals surface area (Å²) in [5, 5.41) is 8.52. The third-order valence-electron chi connectivity index (χ3n) is 1.92. The van der Waals surface area contributed by atoms with Gasteiger partial charge in [0.2, 0.25) is 5.43 Å². The highest BCUT2D eigenvalue weighted by Crippen LogP contribution is 2.19. The number of rotatable bonds is 3. The molecule has 1 heterocycles. The van der Waals surface area contributed by atoms with E-state index in [1.54, 1.807) is 0 Å². The molecule has 0 radical (unpaired) electrons. The van der Waals surface area contributed by atoms with E-state index in [-0.39, 0.29) is 11.3 Å². The van der Waals surface area contributed by atoms with Gasteiger partial charge in [-0.05, 0) is 6.92 Å². The largest absolute Gasteiger partial charge is 0.573 e. The lowest BCUT2D eigenvalue weighted by atomic mass is 10.1. The van der Waals surface area contributed by atoms with E-state index in [1.165, 1.54) is 6.92 Å². The van der Waals surface area contributed by atoms with Crippen molar-refractivity contribution in [2.45, 2.75) is 19.7 Å². The number of aromatic nitrogens is 1. The highest BCUT2D eigenvalue weighted by Gasteiger charge is 2.32. The topological polar surface area (TPSA) is 79.4 Å². The Bertz CT molecular complexity index is 492. The third kappa shape index (κ3) is 3.51. The van der Waals surface area contributed by atoms with Crippen molar-refractivity contribution < 1.29 is 27.8 Å². The van der Waals surface area contributed by atoms with Crippen LogP contribution in [0, 0.1) is 6.92 Å². The molecular formula is C9H8F3NO4. The van der Waals surface area contributed by atoms with Gasteiger partial charge in [0.1, 0.15) is 0 Å². The molecule has 8 heteroatoms. The first-order valence-electron chi connectivity index (χ1n) is 4.39. The fourth-order valence-corrected chi connectivity index (χ4v) is 1.21. The lowest BCUT2D eigenvalue weighted by Crippen LogP contribution is -2.25. The van der Waals surface area contributed by atoms with Gasteiger partial charge in [-0.25, -0.2) is 0 Å². The van der Waals surface area contributed by atoms with Crippen LogP contribution in [0.3, 0.4) is 0 Å². The molecule has 0 aromatic carbocycles. The van der Waals surface area contributed by atoms with E-state index in [2.05, 4.69) is 9.72 Å². The standard InChI is InChI=1S/C9H8F3NO4/c1-4-5(2-7(14)15)8(16)6(3-13-4)17-9(10,11)12/h3H,2H2,1H3,(H,13,16)(H,14,15). The molecule has 0 bridgehead atoms. The normalized spacial score (nSPS) is 11.3. The summed E-state index contributed by atoms with van der Waals surface area (Å²) in [6.07, 6.45) is -4.92. The predicted octanol–water partition coefficient (Wildman–Crippen LogP) is 1.21. The van der Waals surface area contributed by atoms with E-state index in [9.17, 15) is 22.8 Å². The maximum absolute atomic E-state index is 11.9. The second kappa shape index (κ2) is 4.48. The van der Waals surface area contributed by atoms with Crippen LogP contribution in [0.5, 0.6) is 5.75 Å². The Morgan fingerprint density at radius 3 is 2.59 bits per heavy atom. The molecule has 17 heavy (non-hydrogen) atoms. The molecule has 0 unspecified atom stereocenters. The van der Waals surface area contributed by atoms with Gasteiger partial charge in [-0.1, -0.05) is 0 Å². The predicted molar refractivity (Wildman–Crippen MR) is 49.8 cm³/mol. The van der Waals surface area contributed by atoms with Crippen molar-refractivity contribution in [2.75, 3.05) is 0 Å². The minimum absolute atomic E-state index is 0.187. The highest BCUT2D eigenvalue weighted by atomic mass is 19.4. The second-order valence-corrected chi connectivity index (χ2v) is 3.20. The smallest absolute Gasteiger partial charge is 0.481 e. The minimum atomic E-state index is -5.00. The van der Waals surface area contributed by atoms with Crippen LogP contribution in [0.2, 0.25) is 0 Å². The fraction of sp³-hybridized carbons (Fsp3) is 0.333. The van der Waals surface area contributed by atoms with Crippen LogP contribution in [0.1, 0.15) is 11.3 Å². The lowest BCUT2D eigenvalue weighted by Gasteiger charge is -2.10. The number of aryl methyl sites for hydroxylation is 1. The second-order valence-electron chi connectivity index (χ2n) is 3.20. The van der Waals surface area contributed by atoms with Crippen molar-refractivity contribution in [3.63, 3.8) is 0 Å². The van der Waals surface area contributed by atoms with E-state index in [4.69, 9.17) is 5.11 Å². The Morgan fingerprint density at radius 1 is 1.53 bits per heavy atom. The van der Waals surface area contributed by atoms with Gasteiger partial charge in [-0.15, -0.1) is 13.2 Å². The SMILES string of the molecule is Cc1[nH]cc(OC(F)(F)F)c(=O)c1CC(=O)O. The van der Waals surface area contributed by atoms with Gasteiger partial charge >= 0.3 is 12.3 Å². The number of nitrogens with one attached hydrogen (secondary N) is 1. The van der Waals surface area contributed by atoms with E-state index < -0.39 is 29.9 Å². The fourth-order valence-electron chi connectivity index (χ4n) is 1.21. The van der Waals surface area contributed by atoms with Gasteiger partial charge in [-0.2, -0.15) is 0 Å². The summed E-state index contributed by atoms with van der Waals surface area (Å²) in [5.74, 6) is -2.29. The number of carbonyl (C=O) groups is 1. The summed E-state index contributed by atoms with van der Waals surface area (Å²) in [5.41, 5.74) is -1.16. The van der Waals surface area contributed by atoms with Crippen LogP contribution in [0.15, 0.2) is 11.0 Å². The summed E-state index contributed by atoms with van der Waals surface area (Å²) in [6.45, 7) is 1.39. The maximum atomic E-state index is 11.9. The summed E-state index contributed by atoms with van der Waals surface area (Å²) in [7, 11) is 0. The quantitative estimate of drug-likeness (QED) is 0.846. The molecule has 0 saturated carbocycles. The van der Waals surface area contributed by atoms with Gasteiger partial charge in [0, 0.05) is 17.5 Å². The van der Waals surface area contributed by atoms with Crippen LogP contribution in [0.4, 0.5) is 13.2 Å². The monoisotopic (exact) mass is 251 g/mol. The number of alkyl halides is 3. The number of aliphatic carboxylic acids is 1. The van der Waals surface area contributed by atoms with Crippen LogP contribution < -0.4 is 10.2 Å². The number of carboxylic acid groups (broad SMARTS) is 1. The minimum Gasteiger partial charge on any atom is -0.481 e. The molecule has 0 fully saturated rings. The molecule has 5 nitrogen and oxygen atoms in total. The summed E-state index contributed by atoms with van der Waals surface area (Å²) in [6, 6.07) is 0. The molecule has 2 N–H and O–H groups in total. The van der Waals surface area contributed by atoms with Gasteiger partial charge < -0.3 is 14.8 Å². The molecule has 0 amide bonds. The van der Waals surface area contributed by atoms with E-state index in [0.717, 1.165) is 6.20 Å². The van der Waals surface area contributed by atoms with Crippen LogP contribution in [-0.4, -0.2) is 22.4 Å². The first kappa shape index (κ1) is 13.1. The molecule has 0 spiro atoms. The highest BCUT2D eigenvalue weighted by molar-refractivity contribution is 5.70. The molecule has 94 valence electrons. The van der Waals surface area contributed by atoms with E-state index >= 15 is 0 Å². The number of ether oxygens (including phenoxy) is 1. The van der Waals surface area contributed by atoms with Gasteiger partial charge in [-0.3, -0.25) is 9.59 Å². The summed E-state index contributed by atoms with van der Waals surface area (Å²) in [4.78, 5) is 24.3. The van der Waals surface area contributed by atoms with Crippen LogP contribution in [0.25, 0.3) is 0 Å². The van der Waals surface area contributed by atoms with Crippen molar-refractivity contribution in [1.82, 2.24) is 4.98 Å². The Morgan fingerprint density at radius 2 is 2.12 bits per heavy atom. The van der Waals surface area contributed by atoms with Crippen molar-refractivity contribution >= 4 is 5.97 Å². The number of halogens is 3. The molecular weight excluding hydrogens is 243 g/mol. The zero-order chi connectivity index (χ0) is 13.2. The molecule has 1 rings (SSSR count). The van der Waals surface area contributed by atoms with Gasteiger partial charge in [0.15, 0.2) is 5.75 Å². The molecule has 1 aromatic heterocycles. The number of hydrogen-bond acceptors (Lipinski definition) is 3. The van der Waals surface area contributed by atoms with Crippen molar-refractivity contribution in [2.24, 2.45) is 0 Å². The number of hydrogen-bond donors (Lipinski definition) is 2. The number of H-pyrrole nitrogens is 1. The molecule has 0 aliphatic carbocycles. The van der Waals surface area contributed by atoms with Crippen molar-refractivity contribution in [1.29, 1.82) is 0 Å². The van der Waals surface area contributed by atoms with Crippen molar-refractivity contribution in [3.8, 4) is 5.75 Å². The van der Waals surface area contributed by atoms with E-state index in [1.807, 2.05) is 0 Å².